The second-order valence-electron chi connectivity index (χ2n) is 2.85. The molecule has 1 N–H and O–H groups in total. The highest BCUT2D eigenvalue weighted by atomic mass is 32.2. The number of carbonyl (C=O) groups excluding carboxylic acids is 2. The van der Waals surface area contributed by atoms with Crippen LogP contribution in [0.1, 0.15) is 6.42 Å². The van der Waals surface area contributed by atoms with Gasteiger partial charge in [0.2, 0.25) is 0 Å². The van der Waals surface area contributed by atoms with E-state index < -0.39 is 0 Å². The third-order valence-corrected chi connectivity index (χ3v) is 2.86. The SMILES string of the molecule is O=C1C=CC(=O)N1CCSCCCO. The van der Waals surface area contributed by atoms with E-state index in [1.807, 2.05) is 0 Å². The number of nitrogens with zero attached hydrogens (tertiary/aromatic N) is 1. The van der Waals surface area contributed by atoms with Crippen molar-refractivity contribution in [1.29, 1.82) is 0 Å². The summed E-state index contributed by atoms with van der Waals surface area (Å²) in [7, 11) is 0. The molecule has 1 heterocycles. The quantitative estimate of drug-likeness (QED) is 0.501. The second-order valence-corrected chi connectivity index (χ2v) is 4.08. The summed E-state index contributed by atoms with van der Waals surface area (Å²) < 4.78 is 0. The van der Waals surface area contributed by atoms with Crippen molar-refractivity contribution >= 4 is 23.6 Å². The first-order chi connectivity index (χ1) is 6.75. The average Bonchev–Trinajstić information content (AvgIpc) is 2.48. The standard InChI is InChI=1S/C9H13NO3S/c11-5-1-6-14-7-4-10-8(12)2-3-9(10)13/h2-3,11H,1,4-7H2. The molecule has 5 heteroatoms. The zero-order valence-corrected chi connectivity index (χ0v) is 8.63. The molecule has 0 fully saturated rings. The molecule has 0 atom stereocenters. The van der Waals surface area contributed by atoms with Gasteiger partial charge in [-0.1, -0.05) is 0 Å². The Morgan fingerprint density at radius 2 is 1.86 bits per heavy atom. The van der Waals surface area contributed by atoms with Crippen LogP contribution in [-0.4, -0.2) is 46.5 Å². The molecule has 78 valence electrons. The molecule has 0 saturated heterocycles. The molecule has 0 aromatic heterocycles. The Kier molecular flexibility index (Phi) is 4.69. The molecule has 0 aromatic rings. The highest BCUT2D eigenvalue weighted by molar-refractivity contribution is 7.99. The summed E-state index contributed by atoms with van der Waals surface area (Å²) in [5.74, 6) is 1.15. The summed E-state index contributed by atoms with van der Waals surface area (Å²) >= 11 is 1.63. The lowest BCUT2D eigenvalue weighted by Crippen LogP contribution is -2.32. The number of thioether (sulfide) groups is 1. The molecule has 0 saturated carbocycles. The van der Waals surface area contributed by atoms with Crippen LogP contribution in [0, 0.1) is 0 Å². The van der Waals surface area contributed by atoms with E-state index in [4.69, 9.17) is 5.11 Å². The van der Waals surface area contributed by atoms with Gasteiger partial charge in [-0.2, -0.15) is 11.8 Å². The molecule has 0 spiro atoms. The minimum Gasteiger partial charge on any atom is -0.396 e. The molecule has 0 unspecified atom stereocenters. The van der Waals surface area contributed by atoms with Gasteiger partial charge in [-0.3, -0.25) is 14.5 Å². The van der Waals surface area contributed by atoms with Gasteiger partial charge in [-0.25, -0.2) is 0 Å². The lowest BCUT2D eigenvalue weighted by atomic mass is 10.5. The average molecular weight is 215 g/mol. The Balaban J connectivity index is 2.13. The van der Waals surface area contributed by atoms with Crippen LogP contribution in [0.15, 0.2) is 12.2 Å². The number of rotatable bonds is 6. The van der Waals surface area contributed by atoms with Crippen LogP contribution >= 0.6 is 11.8 Å². The molecule has 14 heavy (non-hydrogen) atoms. The Morgan fingerprint density at radius 3 is 2.43 bits per heavy atom. The number of hydrogen-bond donors (Lipinski definition) is 1. The highest BCUT2D eigenvalue weighted by Gasteiger charge is 2.22. The molecule has 0 aromatic carbocycles. The lowest BCUT2D eigenvalue weighted by Gasteiger charge is -2.12. The van der Waals surface area contributed by atoms with E-state index in [9.17, 15) is 9.59 Å². The minimum absolute atomic E-state index is 0.191. The molecule has 1 rings (SSSR count). The largest absolute Gasteiger partial charge is 0.396 e. The lowest BCUT2D eigenvalue weighted by molar-refractivity contribution is -0.136. The van der Waals surface area contributed by atoms with Gasteiger partial charge < -0.3 is 5.11 Å². The van der Waals surface area contributed by atoms with Gasteiger partial charge in [-0.15, -0.1) is 0 Å². The summed E-state index contributed by atoms with van der Waals surface area (Å²) in [6.45, 7) is 0.650. The number of aliphatic hydroxyl groups is 1. The molecule has 0 aliphatic carbocycles. The van der Waals surface area contributed by atoms with Gasteiger partial charge in [0, 0.05) is 31.1 Å². The summed E-state index contributed by atoms with van der Waals surface area (Å²) in [6.07, 6.45) is 3.34. The number of carbonyl (C=O) groups is 2. The number of aliphatic hydroxyl groups excluding tert-OH is 1. The van der Waals surface area contributed by atoms with Gasteiger partial charge in [-0.05, 0) is 12.2 Å². The normalized spacial score (nSPS) is 15.6. The van der Waals surface area contributed by atoms with Gasteiger partial charge in [0.05, 0.1) is 0 Å². The third kappa shape index (κ3) is 3.16. The first kappa shape index (κ1) is 11.3. The van der Waals surface area contributed by atoms with Crippen molar-refractivity contribution in [2.24, 2.45) is 0 Å². The first-order valence-corrected chi connectivity index (χ1v) is 5.63. The zero-order valence-electron chi connectivity index (χ0n) is 7.81. The van der Waals surface area contributed by atoms with E-state index in [1.165, 1.54) is 17.1 Å². The van der Waals surface area contributed by atoms with Crippen molar-refractivity contribution in [1.82, 2.24) is 4.90 Å². The Labute approximate surface area is 87.0 Å². The van der Waals surface area contributed by atoms with Crippen molar-refractivity contribution in [3.63, 3.8) is 0 Å². The fourth-order valence-corrected chi connectivity index (χ4v) is 1.93. The summed E-state index contributed by atoms with van der Waals surface area (Å²) in [4.78, 5) is 23.4. The van der Waals surface area contributed by atoms with E-state index in [2.05, 4.69) is 0 Å². The van der Waals surface area contributed by atoms with Crippen molar-refractivity contribution in [3.8, 4) is 0 Å². The second kappa shape index (κ2) is 5.82. The smallest absolute Gasteiger partial charge is 0.253 e. The maximum absolute atomic E-state index is 11.1. The number of hydrogen-bond acceptors (Lipinski definition) is 4. The van der Waals surface area contributed by atoms with Gasteiger partial charge in [0.1, 0.15) is 0 Å². The maximum atomic E-state index is 11.1. The van der Waals surface area contributed by atoms with Crippen LogP contribution in [0.3, 0.4) is 0 Å². The van der Waals surface area contributed by atoms with Crippen LogP contribution in [0.5, 0.6) is 0 Å². The monoisotopic (exact) mass is 215 g/mol. The predicted octanol–water partition coefficient (Wildman–Crippen LogP) is 0.0270. The maximum Gasteiger partial charge on any atom is 0.253 e. The third-order valence-electron chi connectivity index (χ3n) is 1.81. The van der Waals surface area contributed by atoms with Crippen LogP contribution in [-0.2, 0) is 9.59 Å². The highest BCUT2D eigenvalue weighted by Crippen LogP contribution is 2.07. The molecular formula is C9H13NO3S. The van der Waals surface area contributed by atoms with Gasteiger partial charge in [0.25, 0.3) is 11.8 Å². The van der Waals surface area contributed by atoms with Crippen molar-refractivity contribution in [3.05, 3.63) is 12.2 Å². The minimum atomic E-state index is -0.224. The summed E-state index contributed by atoms with van der Waals surface area (Å²) in [5.41, 5.74) is 0. The zero-order chi connectivity index (χ0) is 10.4. The molecule has 4 nitrogen and oxygen atoms in total. The van der Waals surface area contributed by atoms with Crippen LogP contribution in [0.25, 0.3) is 0 Å². The van der Waals surface area contributed by atoms with E-state index in [-0.39, 0.29) is 18.4 Å². The van der Waals surface area contributed by atoms with Crippen molar-refractivity contribution in [2.75, 3.05) is 24.7 Å². The number of amides is 2. The Bertz CT molecular complexity index is 234. The molecule has 0 radical (unpaired) electrons. The van der Waals surface area contributed by atoms with Crippen LogP contribution in [0.4, 0.5) is 0 Å². The van der Waals surface area contributed by atoms with Gasteiger partial charge >= 0.3 is 0 Å². The molecule has 1 aliphatic rings. The summed E-state index contributed by atoms with van der Waals surface area (Å²) in [5, 5.41) is 8.52. The molecule has 2 amide bonds. The molecule has 0 bridgehead atoms. The van der Waals surface area contributed by atoms with E-state index in [0.29, 0.717) is 6.54 Å². The van der Waals surface area contributed by atoms with E-state index >= 15 is 0 Å². The number of imide groups is 1. The van der Waals surface area contributed by atoms with Crippen molar-refractivity contribution < 1.29 is 14.7 Å². The van der Waals surface area contributed by atoms with Crippen LogP contribution in [0.2, 0.25) is 0 Å². The fraction of sp³-hybridized carbons (Fsp3) is 0.556. The van der Waals surface area contributed by atoms with Gasteiger partial charge in [0.15, 0.2) is 0 Å². The van der Waals surface area contributed by atoms with Crippen molar-refractivity contribution in [2.45, 2.75) is 6.42 Å². The Hall–Kier alpha value is -0.810. The van der Waals surface area contributed by atoms with E-state index in [0.717, 1.165) is 17.9 Å². The molecular weight excluding hydrogens is 202 g/mol. The molecule has 1 aliphatic heterocycles. The predicted molar refractivity (Wildman–Crippen MR) is 54.9 cm³/mol. The topological polar surface area (TPSA) is 57.6 Å². The summed E-state index contributed by atoms with van der Waals surface area (Å²) in [6, 6.07) is 0. The fourth-order valence-electron chi connectivity index (χ4n) is 1.08. The van der Waals surface area contributed by atoms with E-state index in [1.54, 1.807) is 11.8 Å². The first-order valence-electron chi connectivity index (χ1n) is 4.48. The Morgan fingerprint density at radius 1 is 1.21 bits per heavy atom. The van der Waals surface area contributed by atoms with Crippen LogP contribution < -0.4 is 0 Å².